The van der Waals surface area contributed by atoms with Gasteiger partial charge in [0.15, 0.2) is 6.10 Å². The minimum atomic E-state index is -3.58. The van der Waals surface area contributed by atoms with Crippen LogP contribution in [0.2, 0.25) is 0 Å². The monoisotopic (exact) mass is 371 g/mol. The largest absolute Gasteiger partial charge is 0.481 e. The van der Waals surface area contributed by atoms with Gasteiger partial charge in [0.1, 0.15) is 5.75 Å². The molecule has 9 nitrogen and oxygen atoms in total. The zero-order chi connectivity index (χ0) is 18.4. The quantitative estimate of drug-likeness (QED) is 0.749. The second-order valence-corrected chi connectivity index (χ2v) is 7.25. The number of hydrogen-bond donors (Lipinski definition) is 2. The zero-order valence-corrected chi connectivity index (χ0v) is 14.8. The van der Waals surface area contributed by atoms with E-state index in [1.165, 1.54) is 42.5 Å². The first-order valence-corrected chi connectivity index (χ1v) is 9.16. The van der Waals surface area contributed by atoms with Crippen LogP contribution >= 0.6 is 0 Å². The van der Waals surface area contributed by atoms with Crippen LogP contribution in [0, 0.1) is 0 Å². The number of imide groups is 1. The molecule has 1 saturated heterocycles. The van der Waals surface area contributed by atoms with Crippen molar-refractivity contribution in [2.45, 2.75) is 17.9 Å². The Morgan fingerprint density at radius 3 is 2.36 bits per heavy atom. The van der Waals surface area contributed by atoms with E-state index in [4.69, 9.17) is 9.47 Å². The summed E-state index contributed by atoms with van der Waals surface area (Å²) in [5.41, 5.74) is 0. The molecule has 1 aromatic carbocycles. The third-order valence-electron chi connectivity index (χ3n) is 3.58. The van der Waals surface area contributed by atoms with E-state index in [0.29, 0.717) is 32.1 Å². The predicted octanol–water partition coefficient (Wildman–Crippen LogP) is -0.0696. The third-order valence-corrected chi connectivity index (χ3v) is 5.49. The van der Waals surface area contributed by atoms with Gasteiger partial charge in [-0.3, -0.25) is 10.1 Å². The maximum atomic E-state index is 12.5. The molecule has 25 heavy (non-hydrogen) atoms. The molecule has 2 rings (SSSR count). The second-order valence-electron chi connectivity index (χ2n) is 5.32. The van der Waals surface area contributed by atoms with Crippen LogP contribution in [0.1, 0.15) is 6.92 Å². The lowest BCUT2D eigenvalue weighted by Crippen LogP contribution is -2.43. The molecule has 138 valence electrons. The van der Waals surface area contributed by atoms with Gasteiger partial charge in [-0.15, -0.1) is 0 Å². The number of amides is 3. The van der Waals surface area contributed by atoms with Crippen molar-refractivity contribution in [1.82, 2.24) is 14.9 Å². The highest BCUT2D eigenvalue weighted by Gasteiger charge is 2.26. The first-order valence-electron chi connectivity index (χ1n) is 7.72. The summed E-state index contributed by atoms with van der Waals surface area (Å²) >= 11 is 0. The van der Waals surface area contributed by atoms with Crippen molar-refractivity contribution in [2.24, 2.45) is 0 Å². The average molecular weight is 371 g/mol. The molecule has 0 bridgehead atoms. The van der Waals surface area contributed by atoms with Crippen LogP contribution in [-0.4, -0.2) is 64.1 Å². The number of morpholine rings is 1. The smallest absolute Gasteiger partial charge is 0.321 e. The van der Waals surface area contributed by atoms with Gasteiger partial charge >= 0.3 is 6.03 Å². The van der Waals surface area contributed by atoms with E-state index in [0.717, 1.165) is 0 Å². The van der Waals surface area contributed by atoms with Crippen molar-refractivity contribution in [1.29, 1.82) is 0 Å². The number of rotatable bonds is 5. The van der Waals surface area contributed by atoms with Crippen molar-refractivity contribution in [3.63, 3.8) is 0 Å². The first kappa shape index (κ1) is 19.2. The number of nitrogens with one attached hydrogen (secondary N) is 2. The van der Waals surface area contributed by atoms with E-state index in [1.54, 1.807) is 0 Å². The zero-order valence-electron chi connectivity index (χ0n) is 14.0. The Labute approximate surface area is 146 Å². The number of urea groups is 1. The minimum absolute atomic E-state index is 0.143. The minimum Gasteiger partial charge on any atom is -0.481 e. The molecule has 10 heteroatoms. The van der Waals surface area contributed by atoms with Crippen molar-refractivity contribution in [3.8, 4) is 5.75 Å². The van der Waals surface area contributed by atoms with Gasteiger partial charge in [-0.2, -0.15) is 4.31 Å². The topological polar surface area (TPSA) is 114 Å². The van der Waals surface area contributed by atoms with Crippen LogP contribution in [-0.2, 0) is 19.6 Å². The number of carbonyl (C=O) groups is 2. The molecule has 0 aromatic heterocycles. The van der Waals surface area contributed by atoms with Gasteiger partial charge in [-0.25, -0.2) is 13.2 Å². The Morgan fingerprint density at radius 2 is 1.80 bits per heavy atom. The second kappa shape index (κ2) is 8.28. The maximum Gasteiger partial charge on any atom is 0.321 e. The van der Waals surface area contributed by atoms with Crippen molar-refractivity contribution in [2.75, 3.05) is 33.4 Å². The number of ether oxygens (including phenoxy) is 2. The van der Waals surface area contributed by atoms with E-state index >= 15 is 0 Å². The van der Waals surface area contributed by atoms with Gasteiger partial charge in [0.25, 0.3) is 5.91 Å². The standard InChI is InChI=1S/C15H21N3O6S/c1-11(14(19)17-15(20)16-2)24-12-3-5-13(6-4-12)25(21,22)18-7-9-23-10-8-18/h3-6,11H,7-10H2,1-2H3,(H2,16,17,19,20)/t11-/m0/s1. The molecule has 1 fully saturated rings. The van der Waals surface area contributed by atoms with E-state index in [9.17, 15) is 18.0 Å². The number of nitrogens with zero attached hydrogens (tertiary/aromatic N) is 1. The summed E-state index contributed by atoms with van der Waals surface area (Å²) in [5.74, 6) is -0.287. The molecule has 0 unspecified atom stereocenters. The van der Waals surface area contributed by atoms with Crippen molar-refractivity contribution < 1.29 is 27.5 Å². The van der Waals surface area contributed by atoms with Gasteiger partial charge in [-0.05, 0) is 31.2 Å². The molecule has 1 aromatic rings. The molecule has 3 amide bonds. The maximum absolute atomic E-state index is 12.5. The Kier molecular flexibility index (Phi) is 6.34. The van der Waals surface area contributed by atoms with E-state index < -0.39 is 28.1 Å². The third kappa shape index (κ3) is 4.91. The summed E-state index contributed by atoms with van der Waals surface area (Å²) in [6.45, 7) is 2.86. The van der Waals surface area contributed by atoms with Gasteiger partial charge in [-0.1, -0.05) is 0 Å². The predicted molar refractivity (Wildman–Crippen MR) is 88.7 cm³/mol. The summed E-state index contributed by atoms with van der Waals surface area (Å²) in [6.07, 6.45) is -0.918. The van der Waals surface area contributed by atoms with Gasteiger partial charge in [0.2, 0.25) is 10.0 Å². The fourth-order valence-electron chi connectivity index (χ4n) is 2.16. The van der Waals surface area contributed by atoms with Crippen molar-refractivity contribution >= 4 is 22.0 Å². The first-order chi connectivity index (χ1) is 11.8. The van der Waals surface area contributed by atoms with Crippen LogP contribution in [0.4, 0.5) is 4.79 Å². The SMILES string of the molecule is CNC(=O)NC(=O)[C@H](C)Oc1ccc(S(=O)(=O)N2CCOCC2)cc1. The molecular formula is C15H21N3O6S. The molecule has 0 saturated carbocycles. The Hall–Kier alpha value is -2.17. The van der Waals surface area contributed by atoms with E-state index in [1.807, 2.05) is 0 Å². The summed E-state index contributed by atoms with van der Waals surface area (Å²) in [4.78, 5) is 23.0. The van der Waals surface area contributed by atoms with Crippen LogP contribution < -0.4 is 15.4 Å². The molecule has 2 N–H and O–H groups in total. The molecule has 1 aliphatic heterocycles. The van der Waals surface area contributed by atoms with Gasteiger partial charge in [0.05, 0.1) is 18.1 Å². The van der Waals surface area contributed by atoms with Crippen molar-refractivity contribution in [3.05, 3.63) is 24.3 Å². The fraction of sp³-hybridized carbons (Fsp3) is 0.467. The highest BCUT2D eigenvalue weighted by molar-refractivity contribution is 7.89. The molecule has 0 spiro atoms. The van der Waals surface area contributed by atoms with Gasteiger partial charge < -0.3 is 14.8 Å². The molecule has 1 atom stereocenters. The van der Waals surface area contributed by atoms with Crippen LogP contribution in [0.3, 0.4) is 0 Å². The lowest BCUT2D eigenvalue weighted by atomic mass is 10.3. The highest BCUT2D eigenvalue weighted by Crippen LogP contribution is 2.21. The van der Waals surface area contributed by atoms with Crippen LogP contribution in [0.5, 0.6) is 5.75 Å². The Morgan fingerprint density at radius 1 is 1.20 bits per heavy atom. The molecule has 0 aliphatic carbocycles. The number of sulfonamides is 1. The summed E-state index contributed by atoms with van der Waals surface area (Å²) in [6, 6.07) is 5.15. The lowest BCUT2D eigenvalue weighted by Gasteiger charge is -2.26. The number of benzene rings is 1. The summed E-state index contributed by atoms with van der Waals surface area (Å²) in [7, 11) is -2.19. The molecule has 1 aliphatic rings. The van der Waals surface area contributed by atoms with Crippen LogP contribution in [0.15, 0.2) is 29.2 Å². The van der Waals surface area contributed by atoms with Gasteiger partial charge in [0, 0.05) is 20.1 Å². The Balaban J connectivity index is 2.01. The average Bonchev–Trinajstić information content (AvgIpc) is 2.62. The number of carbonyl (C=O) groups excluding carboxylic acids is 2. The molecule has 1 heterocycles. The molecule has 0 radical (unpaired) electrons. The van der Waals surface area contributed by atoms with E-state index in [-0.39, 0.29) is 4.90 Å². The van der Waals surface area contributed by atoms with Crippen LogP contribution in [0.25, 0.3) is 0 Å². The highest BCUT2D eigenvalue weighted by atomic mass is 32.2. The molecular weight excluding hydrogens is 350 g/mol. The fourth-order valence-corrected chi connectivity index (χ4v) is 3.57. The lowest BCUT2D eigenvalue weighted by molar-refractivity contribution is -0.126. The number of hydrogen-bond acceptors (Lipinski definition) is 6. The normalized spacial score (nSPS) is 16.7. The summed E-state index contributed by atoms with van der Waals surface area (Å²) < 4.78 is 36.9. The summed E-state index contributed by atoms with van der Waals surface area (Å²) in [5, 5.41) is 4.36. The van der Waals surface area contributed by atoms with E-state index in [2.05, 4.69) is 10.6 Å². The Bertz CT molecular complexity index is 713.